The Kier molecular flexibility index (Phi) is 4.01. The fraction of sp³-hybridized carbons (Fsp3) is 0.462. The monoisotopic (exact) mass is 175 g/mol. The fourth-order valence-electron chi connectivity index (χ4n) is 1.33. The average Bonchev–Trinajstić information content (AvgIpc) is 2.15. The van der Waals surface area contributed by atoms with Crippen LogP contribution in [0.4, 0.5) is 0 Å². The second-order valence-electron chi connectivity index (χ2n) is 4.00. The van der Waals surface area contributed by atoms with Crippen LogP contribution in [0.3, 0.4) is 0 Å². The molecule has 1 aromatic rings. The van der Waals surface area contributed by atoms with E-state index >= 15 is 0 Å². The van der Waals surface area contributed by atoms with E-state index in [9.17, 15) is 0 Å². The first kappa shape index (κ1) is 10.3. The van der Waals surface area contributed by atoms with Gasteiger partial charge in [-0.05, 0) is 43.2 Å². The van der Waals surface area contributed by atoms with E-state index in [-0.39, 0.29) is 0 Å². The van der Waals surface area contributed by atoms with Gasteiger partial charge in [0.1, 0.15) is 0 Å². The third kappa shape index (κ3) is 3.63. The number of aryl methyl sites for hydroxylation is 1. The third-order valence-corrected chi connectivity index (χ3v) is 2.32. The minimum atomic E-state index is 0.799. The summed E-state index contributed by atoms with van der Waals surface area (Å²) in [7, 11) is 0. The third-order valence-electron chi connectivity index (χ3n) is 2.32. The highest BCUT2D eigenvalue weighted by Gasteiger charge is 1.96. The summed E-state index contributed by atoms with van der Waals surface area (Å²) < 4.78 is 0. The Labute approximate surface area is 82.0 Å². The van der Waals surface area contributed by atoms with Crippen LogP contribution in [0.5, 0.6) is 0 Å². The molecule has 13 heavy (non-hydrogen) atoms. The van der Waals surface area contributed by atoms with E-state index in [4.69, 9.17) is 0 Å². The molecule has 71 valence electrons. The molecule has 0 amide bonds. The summed E-state index contributed by atoms with van der Waals surface area (Å²) in [5.74, 6) is 0.799. The van der Waals surface area contributed by atoms with Crippen LogP contribution in [0.25, 0.3) is 0 Å². The van der Waals surface area contributed by atoms with Crippen LogP contribution in [0, 0.1) is 12.8 Å². The first-order chi connectivity index (χ1) is 6.22. The molecule has 0 aliphatic rings. The van der Waals surface area contributed by atoms with Crippen LogP contribution in [0.2, 0.25) is 0 Å². The molecule has 0 N–H and O–H groups in total. The van der Waals surface area contributed by atoms with Crippen LogP contribution in [0.15, 0.2) is 24.3 Å². The SMILES string of the molecule is [CH2]Cc1ccc(CCC(C)C)cc1. The molecule has 0 saturated heterocycles. The van der Waals surface area contributed by atoms with Gasteiger partial charge in [0, 0.05) is 0 Å². The Morgan fingerprint density at radius 1 is 1.08 bits per heavy atom. The summed E-state index contributed by atoms with van der Waals surface area (Å²) >= 11 is 0. The van der Waals surface area contributed by atoms with Crippen molar-refractivity contribution in [1.29, 1.82) is 0 Å². The Hall–Kier alpha value is -0.780. The van der Waals surface area contributed by atoms with Crippen LogP contribution in [-0.4, -0.2) is 0 Å². The molecule has 0 spiro atoms. The topological polar surface area (TPSA) is 0 Å². The van der Waals surface area contributed by atoms with Gasteiger partial charge < -0.3 is 0 Å². The molecular formula is C13H19. The molecule has 0 heteroatoms. The maximum atomic E-state index is 3.86. The zero-order valence-electron chi connectivity index (χ0n) is 8.72. The number of benzene rings is 1. The lowest BCUT2D eigenvalue weighted by Gasteiger charge is -2.05. The maximum Gasteiger partial charge on any atom is -0.0276 e. The van der Waals surface area contributed by atoms with E-state index in [0.29, 0.717) is 0 Å². The van der Waals surface area contributed by atoms with E-state index in [1.807, 2.05) is 0 Å². The molecule has 0 bridgehead atoms. The van der Waals surface area contributed by atoms with Crippen LogP contribution < -0.4 is 0 Å². The highest BCUT2D eigenvalue weighted by molar-refractivity contribution is 5.22. The normalized spacial score (nSPS) is 10.8. The molecule has 0 atom stereocenters. The molecule has 0 fully saturated rings. The van der Waals surface area contributed by atoms with Crippen molar-refractivity contribution in [3.05, 3.63) is 42.3 Å². The number of rotatable bonds is 4. The smallest absolute Gasteiger partial charge is 0.0276 e. The first-order valence-electron chi connectivity index (χ1n) is 5.09. The lowest BCUT2D eigenvalue weighted by molar-refractivity contribution is 0.586. The van der Waals surface area contributed by atoms with Gasteiger partial charge in [0.2, 0.25) is 0 Å². The highest BCUT2D eigenvalue weighted by atomic mass is 14.0. The summed E-state index contributed by atoms with van der Waals surface area (Å²) in [6.07, 6.45) is 3.38. The predicted octanol–water partition coefficient (Wildman–Crippen LogP) is 3.65. The molecule has 0 aliphatic carbocycles. The quantitative estimate of drug-likeness (QED) is 0.655. The van der Waals surface area contributed by atoms with Gasteiger partial charge in [-0.15, -0.1) is 0 Å². The Morgan fingerprint density at radius 2 is 1.62 bits per heavy atom. The second-order valence-corrected chi connectivity index (χ2v) is 4.00. The zero-order chi connectivity index (χ0) is 9.68. The molecule has 1 radical (unpaired) electrons. The minimum absolute atomic E-state index is 0.799. The van der Waals surface area contributed by atoms with E-state index in [0.717, 1.165) is 12.3 Å². The summed E-state index contributed by atoms with van der Waals surface area (Å²) in [6.45, 7) is 8.40. The standard InChI is InChI=1S/C13H19/c1-4-12-7-9-13(10-8-12)6-5-11(2)3/h7-11H,1,4-6H2,2-3H3. The molecule has 0 nitrogen and oxygen atoms in total. The lowest BCUT2D eigenvalue weighted by atomic mass is 10.0. The Bertz CT molecular complexity index is 231. The lowest BCUT2D eigenvalue weighted by Crippen LogP contribution is -1.92. The van der Waals surface area contributed by atoms with Gasteiger partial charge in [-0.1, -0.05) is 38.1 Å². The summed E-state index contributed by atoms with van der Waals surface area (Å²) in [5.41, 5.74) is 2.78. The highest BCUT2D eigenvalue weighted by Crippen LogP contribution is 2.10. The van der Waals surface area contributed by atoms with Gasteiger partial charge >= 0.3 is 0 Å². The van der Waals surface area contributed by atoms with Gasteiger partial charge in [0.15, 0.2) is 0 Å². The first-order valence-corrected chi connectivity index (χ1v) is 5.09. The van der Waals surface area contributed by atoms with Crippen LogP contribution in [0.1, 0.15) is 31.4 Å². The van der Waals surface area contributed by atoms with Crippen molar-refractivity contribution in [2.45, 2.75) is 33.1 Å². The number of hydrogen-bond acceptors (Lipinski definition) is 0. The molecule has 1 rings (SSSR count). The van der Waals surface area contributed by atoms with Crippen molar-refractivity contribution in [3.63, 3.8) is 0 Å². The summed E-state index contributed by atoms with van der Waals surface area (Å²) in [6, 6.07) is 8.82. The van der Waals surface area contributed by atoms with Crippen molar-refractivity contribution < 1.29 is 0 Å². The molecule has 0 aromatic heterocycles. The Balaban J connectivity index is 2.49. The average molecular weight is 175 g/mol. The van der Waals surface area contributed by atoms with E-state index in [2.05, 4.69) is 45.0 Å². The Morgan fingerprint density at radius 3 is 2.08 bits per heavy atom. The zero-order valence-corrected chi connectivity index (χ0v) is 8.72. The summed E-state index contributed by atoms with van der Waals surface area (Å²) in [5, 5.41) is 0. The van der Waals surface area contributed by atoms with E-state index in [1.165, 1.54) is 24.0 Å². The van der Waals surface area contributed by atoms with E-state index < -0.39 is 0 Å². The predicted molar refractivity (Wildman–Crippen MR) is 58.7 cm³/mol. The number of hydrogen-bond donors (Lipinski definition) is 0. The second kappa shape index (κ2) is 5.06. The molecular weight excluding hydrogens is 156 g/mol. The fourth-order valence-corrected chi connectivity index (χ4v) is 1.33. The largest absolute Gasteiger partial charge is 0.0628 e. The van der Waals surface area contributed by atoms with Crippen molar-refractivity contribution in [3.8, 4) is 0 Å². The maximum absolute atomic E-state index is 3.86. The van der Waals surface area contributed by atoms with Gasteiger partial charge in [-0.3, -0.25) is 0 Å². The van der Waals surface area contributed by atoms with Crippen LogP contribution in [-0.2, 0) is 12.8 Å². The molecule has 0 saturated carbocycles. The summed E-state index contributed by atoms with van der Waals surface area (Å²) in [4.78, 5) is 0. The van der Waals surface area contributed by atoms with Crippen LogP contribution >= 0.6 is 0 Å². The van der Waals surface area contributed by atoms with Crippen molar-refractivity contribution in [2.75, 3.05) is 0 Å². The molecule has 1 aromatic carbocycles. The molecule has 0 heterocycles. The molecule has 0 aliphatic heterocycles. The van der Waals surface area contributed by atoms with Crippen molar-refractivity contribution >= 4 is 0 Å². The minimum Gasteiger partial charge on any atom is -0.0628 e. The molecule has 0 unspecified atom stereocenters. The van der Waals surface area contributed by atoms with Gasteiger partial charge in [0.25, 0.3) is 0 Å². The van der Waals surface area contributed by atoms with Gasteiger partial charge in [-0.25, -0.2) is 0 Å². The van der Waals surface area contributed by atoms with Crippen molar-refractivity contribution in [2.24, 2.45) is 5.92 Å². The van der Waals surface area contributed by atoms with Gasteiger partial charge in [0.05, 0.1) is 0 Å². The van der Waals surface area contributed by atoms with E-state index in [1.54, 1.807) is 0 Å². The van der Waals surface area contributed by atoms with Gasteiger partial charge in [-0.2, -0.15) is 0 Å². The van der Waals surface area contributed by atoms with Crippen molar-refractivity contribution in [1.82, 2.24) is 0 Å².